The van der Waals surface area contributed by atoms with Crippen molar-refractivity contribution in [2.45, 2.75) is 6.42 Å². The third-order valence-corrected chi connectivity index (χ3v) is 2.24. The van der Waals surface area contributed by atoms with Crippen molar-refractivity contribution in [1.82, 2.24) is 0 Å². The van der Waals surface area contributed by atoms with Crippen molar-refractivity contribution in [2.24, 2.45) is 0 Å². The number of halogens is 2. The molecule has 1 aromatic carbocycles. The molecule has 0 aliphatic rings. The summed E-state index contributed by atoms with van der Waals surface area (Å²) < 4.78 is 18.0. The van der Waals surface area contributed by atoms with Crippen LogP contribution in [-0.2, 0) is 11.2 Å². The summed E-state index contributed by atoms with van der Waals surface area (Å²) in [5, 5.41) is 0.661. The van der Waals surface area contributed by atoms with Gasteiger partial charge in [0.15, 0.2) is 0 Å². The molecule has 14 heavy (non-hydrogen) atoms. The van der Waals surface area contributed by atoms with E-state index in [0.29, 0.717) is 17.3 Å². The van der Waals surface area contributed by atoms with Gasteiger partial charge in [0.2, 0.25) is 0 Å². The van der Waals surface area contributed by atoms with Gasteiger partial charge in [-0.3, -0.25) is 0 Å². The van der Waals surface area contributed by atoms with E-state index in [4.69, 9.17) is 0 Å². The van der Waals surface area contributed by atoms with Crippen LogP contribution in [0.3, 0.4) is 0 Å². The van der Waals surface area contributed by atoms with E-state index in [2.05, 4.69) is 20.7 Å². The second-order valence-electron chi connectivity index (χ2n) is 2.71. The van der Waals surface area contributed by atoms with E-state index >= 15 is 0 Å². The van der Waals surface area contributed by atoms with Crippen LogP contribution in [0.2, 0.25) is 0 Å². The van der Waals surface area contributed by atoms with Gasteiger partial charge in [-0.2, -0.15) is 0 Å². The van der Waals surface area contributed by atoms with Crippen LogP contribution in [0.5, 0.6) is 0 Å². The van der Waals surface area contributed by atoms with Crippen molar-refractivity contribution < 1.29 is 13.9 Å². The Labute approximate surface area is 90.2 Å². The molecule has 0 aliphatic carbocycles. The molecule has 0 radical (unpaired) electrons. The smallest absolute Gasteiger partial charge is 0.340 e. The number of alkyl halides is 1. The number of carbonyl (C=O) groups is 1. The maximum Gasteiger partial charge on any atom is 0.340 e. The van der Waals surface area contributed by atoms with Crippen LogP contribution in [0.15, 0.2) is 18.2 Å². The van der Waals surface area contributed by atoms with E-state index in [1.165, 1.54) is 13.2 Å². The van der Waals surface area contributed by atoms with Gasteiger partial charge in [0, 0.05) is 5.33 Å². The van der Waals surface area contributed by atoms with Gasteiger partial charge in [-0.05, 0) is 18.1 Å². The topological polar surface area (TPSA) is 26.3 Å². The maximum atomic E-state index is 13.6. The molecule has 1 aromatic rings. The molecule has 0 saturated carbocycles. The zero-order chi connectivity index (χ0) is 10.6. The van der Waals surface area contributed by atoms with Gasteiger partial charge in [-0.15, -0.1) is 0 Å². The van der Waals surface area contributed by atoms with Crippen LogP contribution in [0, 0.1) is 5.82 Å². The van der Waals surface area contributed by atoms with E-state index in [0.717, 1.165) is 0 Å². The molecule has 0 bridgehead atoms. The molecule has 0 spiro atoms. The lowest BCUT2D eigenvalue weighted by atomic mass is 10.1. The van der Waals surface area contributed by atoms with E-state index in [-0.39, 0.29) is 5.56 Å². The molecule has 0 aromatic heterocycles. The number of carbonyl (C=O) groups excluding carboxylic acids is 1. The lowest BCUT2D eigenvalue weighted by Gasteiger charge is -2.05. The molecule has 2 nitrogen and oxygen atoms in total. The Morgan fingerprint density at radius 3 is 2.86 bits per heavy atom. The second-order valence-corrected chi connectivity index (χ2v) is 3.50. The van der Waals surface area contributed by atoms with Crippen LogP contribution < -0.4 is 0 Å². The molecule has 76 valence electrons. The monoisotopic (exact) mass is 260 g/mol. The summed E-state index contributed by atoms with van der Waals surface area (Å²) in [6.45, 7) is 0. The average Bonchev–Trinajstić information content (AvgIpc) is 2.20. The van der Waals surface area contributed by atoms with Crippen LogP contribution in [-0.4, -0.2) is 18.4 Å². The molecule has 0 amide bonds. The number of aryl methyl sites for hydroxylation is 1. The molecular formula is C10H10BrFO2. The highest BCUT2D eigenvalue weighted by Crippen LogP contribution is 2.15. The minimum atomic E-state index is -0.640. The number of rotatable bonds is 3. The Hall–Kier alpha value is -0.900. The fraction of sp³-hybridized carbons (Fsp3) is 0.300. The summed E-state index contributed by atoms with van der Waals surface area (Å²) in [6.07, 6.45) is 0.552. The van der Waals surface area contributed by atoms with Crippen LogP contribution in [0.4, 0.5) is 4.39 Å². The number of ether oxygens (including phenoxy) is 1. The lowest BCUT2D eigenvalue weighted by molar-refractivity contribution is 0.0595. The highest BCUT2D eigenvalue weighted by atomic mass is 79.9. The first-order chi connectivity index (χ1) is 6.70. The number of benzene rings is 1. The third kappa shape index (κ3) is 2.32. The van der Waals surface area contributed by atoms with Crippen molar-refractivity contribution >= 4 is 21.9 Å². The minimum Gasteiger partial charge on any atom is -0.465 e. The molecule has 0 fully saturated rings. The largest absolute Gasteiger partial charge is 0.465 e. The van der Waals surface area contributed by atoms with E-state index in [1.54, 1.807) is 12.1 Å². The normalized spacial score (nSPS) is 9.93. The summed E-state index contributed by atoms with van der Waals surface area (Å²) in [7, 11) is 1.24. The predicted octanol–water partition coefficient (Wildman–Crippen LogP) is 2.55. The lowest BCUT2D eigenvalue weighted by Crippen LogP contribution is -2.06. The molecule has 0 atom stereocenters. The van der Waals surface area contributed by atoms with Gasteiger partial charge >= 0.3 is 5.97 Å². The molecule has 0 N–H and O–H groups in total. The molecule has 1 rings (SSSR count). The summed E-state index contributed by atoms with van der Waals surface area (Å²) in [6, 6.07) is 4.72. The fourth-order valence-corrected chi connectivity index (χ4v) is 1.57. The number of hydrogen-bond acceptors (Lipinski definition) is 2. The van der Waals surface area contributed by atoms with Gasteiger partial charge in [0.1, 0.15) is 5.82 Å². The first kappa shape index (κ1) is 11.2. The Bertz CT molecular complexity index is 339. The van der Waals surface area contributed by atoms with Gasteiger partial charge in [0.25, 0.3) is 0 Å². The van der Waals surface area contributed by atoms with Crippen LogP contribution in [0.1, 0.15) is 15.9 Å². The summed E-state index contributed by atoms with van der Waals surface area (Å²) in [4.78, 5) is 11.1. The average molecular weight is 261 g/mol. The molecular weight excluding hydrogens is 251 g/mol. The quantitative estimate of drug-likeness (QED) is 0.617. The Morgan fingerprint density at radius 2 is 2.29 bits per heavy atom. The highest BCUT2D eigenvalue weighted by molar-refractivity contribution is 9.09. The van der Waals surface area contributed by atoms with Crippen LogP contribution >= 0.6 is 15.9 Å². The van der Waals surface area contributed by atoms with Gasteiger partial charge in [-0.1, -0.05) is 28.1 Å². The highest BCUT2D eigenvalue weighted by Gasteiger charge is 2.14. The summed E-state index contributed by atoms with van der Waals surface area (Å²) >= 11 is 3.22. The molecule has 0 heterocycles. The van der Waals surface area contributed by atoms with Crippen molar-refractivity contribution in [1.29, 1.82) is 0 Å². The summed E-state index contributed by atoms with van der Waals surface area (Å²) in [5.41, 5.74) is 0.510. The molecule has 4 heteroatoms. The standard InChI is InChI=1S/C10H10BrFO2/c1-14-10(13)8-4-2-3-7(5-6-11)9(8)12/h2-4H,5-6H2,1H3. The van der Waals surface area contributed by atoms with Gasteiger partial charge in [-0.25, -0.2) is 9.18 Å². The van der Waals surface area contributed by atoms with Crippen molar-refractivity contribution in [3.05, 3.63) is 35.1 Å². The van der Waals surface area contributed by atoms with Crippen LogP contribution in [0.25, 0.3) is 0 Å². The number of hydrogen-bond donors (Lipinski definition) is 0. The van der Waals surface area contributed by atoms with Gasteiger partial charge < -0.3 is 4.74 Å². The van der Waals surface area contributed by atoms with E-state index in [1.807, 2.05) is 0 Å². The molecule has 0 saturated heterocycles. The van der Waals surface area contributed by atoms with Gasteiger partial charge in [0.05, 0.1) is 12.7 Å². The van der Waals surface area contributed by atoms with Crippen molar-refractivity contribution in [2.75, 3.05) is 12.4 Å². The predicted molar refractivity (Wildman–Crippen MR) is 55.2 cm³/mol. The Kier molecular flexibility index (Phi) is 4.07. The van der Waals surface area contributed by atoms with Crippen molar-refractivity contribution in [3.63, 3.8) is 0 Å². The first-order valence-electron chi connectivity index (χ1n) is 4.12. The number of esters is 1. The zero-order valence-corrected chi connectivity index (χ0v) is 9.30. The molecule has 0 aliphatic heterocycles. The second kappa shape index (κ2) is 5.10. The number of methoxy groups -OCH3 is 1. The minimum absolute atomic E-state index is 0.00838. The van der Waals surface area contributed by atoms with E-state index in [9.17, 15) is 9.18 Å². The zero-order valence-electron chi connectivity index (χ0n) is 7.72. The Morgan fingerprint density at radius 1 is 1.57 bits per heavy atom. The van der Waals surface area contributed by atoms with E-state index < -0.39 is 11.8 Å². The first-order valence-corrected chi connectivity index (χ1v) is 5.24. The Balaban J connectivity index is 3.07. The maximum absolute atomic E-state index is 13.6. The molecule has 0 unspecified atom stereocenters. The fourth-order valence-electron chi connectivity index (χ4n) is 1.14. The third-order valence-electron chi connectivity index (χ3n) is 1.85. The summed E-state index contributed by atoms with van der Waals surface area (Å²) in [5.74, 6) is -1.13. The van der Waals surface area contributed by atoms with Crippen molar-refractivity contribution in [3.8, 4) is 0 Å². The SMILES string of the molecule is COC(=O)c1cccc(CCBr)c1F.